The van der Waals surface area contributed by atoms with Crippen LogP contribution in [0.5, 0.6) is 5.75 Å². The third-order valence-electron chi connectivity index (χ3n) is 2.00. The number of thioether (sulfide) groups is 1. The lowest BCUT2D eigenvalue weighted by Gasteiger charge is -2.14. The number of hydrogen-bond donors (Lipinski definition) is 0. The van der Waals surface area contributed by atoms with Gasteiger partial charge >= 0.3 is 0 Å². The fourth-order valence-corrected chi connectivity index (χ4v) is 2.54. The molecule has 4 nitrogen and oxygen atoms in total. The van der Waals surface area contributed by atoms with Crippen molar-refractivity contribution in [2.24, 2.45) is 0 Å². The molecule has 0 spiro atoms. The van der Waals surface area contributed by atoms with Crippen LogP contribution in [0.1, 0.15) is 10.4 Å². The van der Waals surface area contributed by atoms with Crippen LogP contribution in [0.4, 0.5) is 4.79 Å². The van der Waals surface area contributed by atoms with Gasteiger partial charge in [0.2, 0.25) is 0 Å². The van der Waals surface area contributed by atoms with Gasteiger partial charge in [0.15, 0.2) is 6.29 Å². The maximum Gasteiger partial charge on any atom is 0.286 e. The molecule has 0 unspecified atom stereocenters. The van der Waals surface area contributed by atoms with Crippen LogP contribution in [-0.4, -0.2) is 37.6 Å². The number of rotatable bonds is 3. The predicted molar refractivity (Wildman–Crippen MR) is 71.0 cm³/mol. The molecule has 0 aliphatic carbocycles. The molecule has 92 valence electrons. The molecule has 0 atom stereocenters. The first-order chi connectivity index (χ1) is 8.01. The maximum atomic E-state index is 11.7. The first kappa shape index (κ1) is 14.1. The predicted octanol–water partition coefficient (Wildman–Crippen LogP) is 3.04. The number of methoxy groups -OCH3 is 1. The van der Waals surface area contributed by atoms with Crippen molar-refractivity contribution in [3.05, 3.63) is 22.2 Å². The highest BCUT2D eigenvalue weighted by Gasteiger charge is 2.17. The molecule has 1 amide bonds. The second kappa shape index (κ2) is 6.07. The number of nitrogens with zero attached hydrogens (tertiary/aromatic N) is 1. The minimum absolute atomic E-state index is 0.162. The van der Waals surface area contributed by atoms with Gasteiger partial charge in [0.1, 0.15) is 5.75 Å². The van der Waals surface area contributed by atoms with E-state index in [0.29, 0.717) is 27.0 Å². The Hall–Kier alpha value is -1.01. The van der Waals surface area contributed by atoms with Gasteiger partial charge in [-0.3, -0.25) is 9.59 Å². The summed E-state index contributed by atoms with van der Waals surface area (Å²) < 4.78 is 5.79. The number of amides is 1. The number of halogens is 1. The van der Waals surface area contributed by atoms with Gasteiger partial charge in [0, 0.05) is 24.1 Å². The second-order valence-corrected chi connectivity index (χ2v) is 5.19. The van der Waals surface area contributed by atoms with Crippen LogP contribution in [0.15, 0.2) is 21.5 Å². The van der Waals surface area contributed by atoms with E-state index >= 15 is 0 Å². The first-order valence-electron chi connectivity index (χ1n) is 4.72. The van der Waals surface area contributed by atoms with Crippen molar-refractivity contribution in [1.82, 2.24) is 4.90 Å². The van der Waals surface area contributed by atoms with E-state index < -0.39 is 0 Å². The van der Waals surface area contributed by atoms with E-state index in [0.717, 1.165) is 11.8 Å². The van der Waals surface area contributed by atoms with Crippen molar-refractivity contribution in [2.45, 2.75) is 4.90 Å². The van der Waals surface area contributed by atoms with Crippen LogP contribution in [0.3, 0.4) is 0 Å². The summed E-state index contributed by atoms with van der Waals surface area (Å²) in [6, 6.07) is 3.43. The van der Waals surface area contributed by atoms with Crippen LogP contribution < -0.4 is 4.74 Å². The number of hydrogen-bond acceptors (Lipinski definition) is 4. The van der Waals surface area contributed by atoms with Crippen LogP contribution in [0.2, 0.25) is 0 Å². The zero-order valence-corrected chi connectivity index (χ0v) is 12.1. The highest BCUT2D eigenvalue weighted by Crippen LogP contribution is 2.36. The lowest BCUT2D eigenvalue weighted by molar-refractivity contribution is 0.111. The van der Waals surface area contributed by atoms with Crippen molar-refractivity contribution in [1.29, 1.82) is 0 Å². The van der Waals surface area contributed by atoms with Gasteiger partial charge in [-0.15, -0.1) is 0 Å². The summed E-state index contributed by atoms with van der Waals surface area (Å²) in [5.41, 5.74) is 0.421. The van der Waals surface area contributed by atoms with Crippen molar-refractivity contribution in [3.8, 4) is 5.75 Å². The van der Waals surface area contributed by atoms with E-state index in [2.05, 4.69) is 15.9 Å². The zero-order valence-electron chi connectivity index (χ0n) is 9.69. The van der Waals surface area contributed by atoms with E-state index in [4.69, 9.17) is 4.74 Å². The van der Waals surface area contributed by atoms with E-state index in [1.807, 2.05) is 0 Å². The van der Waals surface area contributed by atoms with E-state index in [-0.39, 0.29) is 5.24 Å². The Morgan fingerprint density at radius 1 is 1.47 bits per heavy atom. The number of carbonyl (C=O) groups excluding carboxylic acids is 2. The van der Waals surface area contributed by atoms with Gasteiger partial charge in [-0.05, 0) is 23.9 Å². The highest BCUT2D eigenvalue weighted by molar-refractivity contribution is 9.10. The summed E-state index contributed by atoms with van der Waals surface area (Å²) in [5, 5.41) is -0.162. The Balaban J connectivity index is 3.23. The largest absolute Gasteiger partial charge is 0.496 e. The molecular weight excluding hydrogens is 306 g/mol. The molecule has 0 bridgehead atoms. The minimum Gasteiger partial charge on any atom is -0.496 e. The lowest BCUT2D eigenvalue weighted by Crippen LogP contribution is -2.16. The molecular formula is C11H12BrNO3S. The van der Waals surface area contributed by atoms with Gasteiger partial charge in [0.05, 0.1) is 12.0 Å². The third-order valence-corrected chi connectivity index (χ3v) is 3.86. The zero-order chi connectivity index (χ0) is 13.0. The summed E-state index contributed by atoms with van der Waals surface area (Å²) in [5.74, 6) is 0.510. The molecule has 0 saturated heterocycles. The molecule has 0 aliphatic rings. The summed E-state index contributed by atoms with van der Waals surface area (Å²) in [6.45, 7) is 0. The molecule has 0 radical (unpaired) electrons. The van der Waals surface area contributed by atoms with Gasteiger partial charge in [-0.2, -0.15) is 0 Å². The lowest BCUT2D eigenvalue weighted by atomic mass is 10.2. The van der Waals surface area contributed by atoms with Gasteiger partial charge in [-0.25, -0.2) is 0 Å². The summed E-state index contributed by atoms with van der Waals surface area (Å²) in [6.07, 6.45) is 0.706. The monoisotopic (exact) mass is 317 g/mol. The molecule has 1 aromatic rings. The van der Waals surface area contributed by atoms with Gasteiger partial charge < -0.3 is 9.64 Å². The topological polar surface area (TPSA) is 46.6 Å². The molecule has 6 heteroatoms. The average molecular weight is 318 g/mol. The second-order valence-electron chi connectivity index (χ2n) is 3.37. The summed E-state index contributed by atoms with van der Waals surface area (Å²) in [4.78, 5) is 24.7. The Labute approximate surface area is 112 Å². The maximum absolute atomic E-state index is 11.7. The first-order valence-corrected chi connectivity index (χ1v) is 6.33. The fraction of sp³-hybridized carbons (Fsp3) is 0.273. The fourth-order valence-electron chi connectivity index (χ4n) is 1.11. The standard InChI is InChI=1S/C11H12BrNO3S/c1-13(2)11(15)17-10-7(6-14)8(12)4-5-9(10)16-3/h4-6H,1-3H3. The molecule has 1 rings (SSSR count). The Bertz CT molecular complexity index is 449. The quantitative estimate of drug-likeness (QED) is 0.635. The molecule has 0 fully saturated rings. The SMILES string of the molecule is COc1ccc(Br)c(C=O)c1SC(=O)N(C)C. The van der Waals surface area contributed by atoms with Crippen molar-refractivity contribution in [3.63, 3.8) is 0 Å². The van der Waals surface area contributed by atoms with Crippen LogP contribution in [0.25, 0.3) is 0 Å². The van der Waals surface area contributed by atoms with Crippen molar-refractivity contribution < 1.29 is 14.3 Å². The van der Waals surface area contributed by atoms with Crippen molar-refractivity contribution in [2.75, 3.05) is 21.2 Å². The van der Waals surface area contributed by atoms with E-state index in [9.17, 15) is 9.59 Å². The molecule has 0 saturated carbocycles. The summed E-state index contributed by atoms with van der Waals surface area (Å²) >= 11 is 4.24. The average Bonchev–Trinajstić information content (AvgIpc) is 2.29. The number of ether oxygens (including phenoxy) is 1. The molecule has 0 heterocycles. The van der Waals surface area contributed by atoms with Gasteiger partial charge in [-0.1, -0.05) is 15.9 Å². The highest BCUT2D eigenvalue weighted by atomic mass is 79.9. The van der Waals surface area contributed by atoms with E-state index in [1.165, 1.54) is 12.0 Å². The molecule has 0 aliphatic heterocycles. The minimum atomic E-state index is -0.162. The third kappa shape index (κ3) is 3.23. The van der Waals surface area contributed by atoms with Gasteiger partial charge in [0.25, 0.3) is 5.24 Å². The molecule has 0 aromatic heterocycles. The Morgan fingerprint density at radius 3 is 2.59 bits per heavy atom. The smallest absolute Gasteiger partial charge is 0.286 e. The van der Waals surface area contributed by atoms with Crippen LogP contribution in [0, 0.1) is 0 Å². The summed E-state index contributed by atoms with van der Waals surface area (Å²) in [7, 11) is 4.81. The van der Waals surface area contributed by atoms with Crippen LogP contribution in [-0.2, 0) is 0 Å². The molecule has 17 heavy (non-hydrogen) atoms. The number of carbonyl (C=O) groups is 2. The van der Waals surface area contributed by atoms with E-state index in [1.54, 1.807) is 26.2 Å². The molecule has 1 aromatic carbocycles. The van der Waals surface area contributed by atoms with Crippen molar-refractivity contribution >= 4 is 39.2 Å². The number of aldehydes is 1. The van der Waals surface area contributed by atoms with Crippen LogP contribution >= 0.6 is 27.7 Å². The Morgan fingerprint density at radius 2 is 2.12 bits per heavy atom. The molecule has 0 N–H and O–H groups in total. The Kier molecular flexibility index (Phi) is 5.02. The normalized spacial score (nSPS) is 9.88. The number of benzene rings is 1.